The van der Waals surface area contributed by atoms with Crippen LogP contribution in [0.4, 0.5) is 0 Å². The summed E-state index contributed by atoms with van der Waals surface area (Å²) in [5, 5.41) is 3.52. The summed E-state index contributed by atoms with van der Waals surface area (Å²) in [5.41, 5.74) is 9.32. The Kier molecular flexibility index (Phi) is 3.90. The second-order valence-electron chi connectivity index (χ2n) is 2.29. The molecule has 0 radical (unpaired) electrons. The smallest absolute Gasteiger partial charge is 0.0417 e. The van der Waals surface area contributed by atoms with Gasteiger partial charge in [-0.25, -0.2) is 0 Å². The molecule has 1 atom stereocenters. The molecule has 0 heterocycles. The van der Waals surface area contributed by atoms with E-state index in [1.807, 2.05) is 30.3 Å². The van der Waals surface area contributed by atoms with Crippen LogP contribution in [0.5, 0.6) is 0 Å². The minimum absolute atomic E-state index is 0.277. The van der Waals surface area contributed by atoms with E-state index in [2.05, 4.69) is 32.6 Å². The van der Waals surface area contributed by atoms with Gasteiger partial charge < -0.3 is 0 Å². The molecule has 4 heteroatoms. The number of hydrogen-bond acceptors (Lipinski definition) is 1. The van der Waals surface area contributed by atoms with E-state index in [0.29, 0.717) is 6.54 Å². The summed E-state index contributed by atoms with van der Waals surface area (Å²) in [5.74, 6) is 0. The fourth-order valence-electron chi connectivity index (χ4n) is 0.875. The fourth-order valence-corrected chi connectivity index (χ4v) is 1.47. The number of azide groups is 1. The predicted octanol–water partition coefficient (Wildman–Crippen LogP) is 3.47. The minimum atomic E-state index is 0.277. The predicted molar refractivity (Wildman–Crippen MR) is 57.2 cm³/mol. The fraction of sp³-hybridized carbons (Fsp3) is 0.250. The van der Waals surface area contributed by atoms with Crippen LogP contribution in [0, 0.1) is 0 Å². The van der Waals surface area contributed by atoms with Crippen molar-refractivity contribution in [1.82, 2.24) is 0 Å². The van der Waals surface area contributed by atoms with E-state index in [9.17, 15) is 0 Å². The van der Waals surface area contributed by atoms with Gasteiger partial charge >= 0.3 is 0 Å². The molecule has 12 heavy (non-hydrogen) atoms. The highest BCUT2D eigenvalue weighted by Crippen LogP contribution is 2.22. The van der Waals surface area contributed by atoms with Crippen LogP contribution in [-0.4, -0.2) is 6.54 Å². The number of alkyl halides is 1. The van der Waals surface area contributed by atoms with Crippen molar-refractivity contribution in [3.63, 3.8) is 0 Å². The third kappa shape index (κ3) is 2.71. The van der Waals surface area contributed by atoms with Gasteiger partial charge in [-0.1, -0.05) is 58.0 Å². The first-order chi connectivity index (χ1) is 5.84. The summed E-state index contributed by atoms with van der Waals surface area (Å²) in [6.45, 7) is 0.515. The number of rotatable bonds is 3. The summed E-state index contributed by atoms with van der Waals surface area (Å²) < 4.78 is 0.277. The second-order valence-corrected chi connectivity index (χ2v) is 3.80. The number of hydrogen-bond donors (Lipinski definition) is 0. The molecule has 0 amide bonds. The van der Waals surface area contributed by atoms with E-state index in [-0.39, 0.29) is 3.92 Å². The molecule has 0 saturated carbocycles. The van der Waals surface area contributed by atoms with Gasteiger partial charge in [0.1, 0.15) is 0 Å². The van der Waals surface area contributed by atoms with Gasteiger partial charge in [0.05, 0.1) is 0 Å². The molecule has 1 rings (SSSR count). The van der Waals surface area contributed by atoms with Gasteiger partial charge in [-0.3, -0.25) is 0 Å². The monoisotopic (exact) mass is 273 g/mol. The maximum atomic E-state index is 8.12. The Morgan fingerprint density at radius 2 is 2.08 bits per heavy atom. The van der Waals surface area contributed by atoms with Crippen molar-refractivity contribution in [3.05, 3.63) is 46.3 Å². The van der Waals surface area contributed by atoms with Crippen LogP contribution in [0.15, 0.2) is 35.4 Å². The molecule has 0 fully saturated rings. The van der Waals surface area contributed by atoms with Gasteiger partial charge in [0, 0.05) is 15.4 Å². The molecular formula is C8H8IN3. The first-order valence-electron chi connectivity index (χ1n) is 3.54. The van der Waals surface area contributed by atoms with Crippen molar-refractivity contribution in [1.29, 1.82) is 0 Å². The molecule has 0 aliphatic heterocycles. The van der Waals surface area contributed by atoms with E-state index in [1.54, 1.807) is 0 Å². The lowest BCUT2D eigenvalue weighted by atomic mass is 10.2. The molecule has 0 saturated heterocycles. The van der Waals surface area contributed by atoms with Crippen molar-refractivity contribution < 1.29 is 0 Å². The maximum absolute atomic E-state index is 8.12. The van der Waals surface area contributed by atoms with Crippen LogP contribution in [0.25, 0.3) is 10.4 Å². The Morgan fingerprint density at radius 1 is 1.42 bits per heavy atom. The normalized spacial score (nSPS) is 11.8. The van der Waals surface area contributed by atoms with Crippen LogP contribution in [0.1, 0.15) is 9.49 Å². The van der Waals surface area contributed by atoms with Crippen molar-refractivity contribution in [2.24, 2.45) is 5.11 Å². The van der Waals surface area contributed by atoms with Crippen molar-refractivity contribution >= 4 is 22.6 Å². The third-order valence-electron chi connectivity index (χ3n) is 1.47. The lowest BCUT2D eigenvalue weighted by Gasteiger charge is -2.04. The molecule has 0 bridgehead atoms. The van der Waals surface area contributed by atoms with E-state index in [4.69, 9.17) is 5.53 Å². The summed E-state index contributed by atoms with van der Waals surface area (Å²) in [7, 11) is 0. The Bertz CT molecular complexity index is 280. The highest BCUT2D eigenvalue weighted by atomic mass is 127. The van der Waals surface area contributed by atoms with Crippen molar-refractivity contribution in [3.8, 4) is 0 Å². The number of halogens is 1. The third-order valence-corrected chi connectivity index (χ3v) is 2.58. The van der Waals surface area contributed by atoms with Gasteiger partial charge in [-0.05, 0) is 11.1 Å². The quantitative estimate of drug-likeness (QED) is 0.266. The summed E-state index contributed by atoms with van der Waals surface area (Å²) in [4.78, 5) is 2.72. The van der Waals surface area contributed by atoms with Crippen LogP contribution in [0.2, 0.25) is 0 Å². The average molecular weight is 273 g/mol. The molecule has 1 aromatic rings. The Morgan fingerprint density at radius 3 is 2.67 bits per heavy atom. The Balaban J connectivity index is 2.65. The van der Waals surface area contributed by atoms with E-state index >= 15 is 0 Å². The highest BCUT2D eigenvalue weighted by Gasteiger charge is 2.03. The van der Waals surface area contributed by atoms with Crippen molar-refractivity contribution in [2.75, 3.05) is 6.54 Å². The second kappa shape index (κ2) is 5.00. The van der Waals surface area contributed by atoms with Crippen LogP contribution in [-0.2, 0) is 0 Å². The highest BCUT2D eigenvalue weighted by molar-refractivity contribution is 14.1. The largest absolute Gasteiger partial charge is 0.0925 e. The first-order valence-corrected chi connectivity index (χ1v) is 4.79. The molecule has 3 nitrogen and oxygen atoms in total. The molecule has 0 aromatic heterocycles. The molecule has 1 aromatic carbocycles. The minimum Gasteiger partial charge on any atom is -0.0925 e. The first kappa shape index (κ1) is 9.35. The lowest BCUT2D eigenvalue weighted by Crippen LogP contribution is -1.91. The summed E-state index contributed by atoms with van der Waals surface area (Å²) in [6, 6.07) is 10.0. The molecule has 0 spiro atoms. The van der Waals surface area contributed by atoms with Crippen LogP contribution in [0.3, 0.4) is 0 Å². The Hall–Kier alpha value is -0.740. The van der Waals surface area contributed by atoms with Gasteiger partial charge in [0.25, 0.3) is 0 Å². The zero-order valence-electron chi connectivity index (χ0n) is 6.39. The van der Waals surface area contributed by atoms with E-state index in [1.165, 1.54) is 5.56 Å². The molecule has 0 aliphatic rings. The van der Waals surface area contributed by atoms with Crippen molar-refractivity contribution in [2.45, 2.75) is 3.92 Å². The molecule has 0 N–H and O–H groups in total. The SMILES string of the molecule is [N-]=[N+]=NCC(I)c1ccccc1. The van der Waals surface area contributed by atoms with Crippen LogP contribution < -0.4 is 0 Å². The topological polar surface area (TPSA) is 48.8 Å². The van der Waals surface area contributed by atoms with Gasteiger partial charge in [0.15, 0.2) is 0 Å². The molecule has 62 valence electrons. The zero-order chi connectivity index (χ0) is 8.81. The maximum Gasteiger partial charge on any atom is 0.0417 e. The lowest BCUT2D eigenvalue weighted by molar-refractivity contribution is 0.962. The molecular weight excluding hydrogens is 265 g/mol. The van der Waals surface area contributed by atoms with E-state index < -0.39 is 0 Å². The summed E-state index contributed by atoms with van der Waals surface area (Å²) >= 11 is 2.27. The van der Waals surface area contributed by atoms with Gasteiger partial charge in [0.2, 0.25) is 0 Å². The van der Waals surface area contributed by atoms with E-state index in [0.717, 1.165) is 0 Å². The van der Waals surface area contributed by atoms with Gasteiger partial charge in [-0.15, -0.1) is 0 Å². The average Bonchev–Trinajstić information content (AvgIpc) is 2.15. The van der Waals surface area contributed by atoms with Crippen LogP contribution >= 0.6 is 22.6 Å². The standard InChI is InChI=1S/C8H8IN3/c9-8(6-11-12-10)7-4-2-1-3-5-7/h1-5,8H,6H2. The zero-order valence-corrected chi connectivity index (χ0v) is 8.55. The Labute approximate surface area is 84.6 Å². The number of benzene rings is 1. The molecule has 0 aliphatic carbocycles. The summed E-state index contributed by atoms with van der Waals surface area (Å²) in [6.07, 6.45) is 0. The number of nitrogens with zero attached hydrogens (tertiary/aromatic N) is 3. The van der Waals surface area contributed by atoms with Gasteiger partial charge in [-0.2, -0.15) is 0 Å². The molecule has 1 unspecified atom stereocenters.